The molecule has 190 valence electrons. The van der Waals surface area contributed by atoms with Crippen LogP contribution in [0.3, 0.4) is 0 Å². The van der Waals surface area contributed by atoms with E-state index in [0.717, 1.165) is 32.8 Å². The molecular formula is C32H28N2O2S2. The standard InChI is InChI=1S/C32H28N2O2S2/c1-23-29(24-14-6-2-7-15-24)34-31(38-23)33-28(30(35)36)22-37-32(25-16-8-3-9-17-25,26-18-10-4-11-19-26)27-20-12-5-13-21-27/h2-21,28H,22H2,1H3,(H,33,34)(H,35,36)/t28-/m0/s1. The first-order valence-corrected chi connectivity index (χ1v) is 14.2. The molecule has 6 heteroatoms. The number of anilines is 1. The van der Waals surface area contributed by atoms with Crippen molar-refractivity contribution in [2.45, 2.75) is 17.7 Å². The molecule has 0 saturated heterocycles. The lowest BCUT2D eigenvalue weighted by atomic mass is 9.84. The van der Waals surface area contributed by atoms with Gasteiger partial charge in [0.1, 0.15) is 6.04 Å². The molecule has 0 aliphatic rings. The zero-order chi connectivity index (χ0) is 26.4. The summed E-state index contributed by atoms with van der Waals surface area (Å²) in [7, 11) is 0. The maximum absolute atomic E-state index is 12.5. The number of rotatable bonds is 10. The van der Waals surface area contributed by atoms with E-state index in [-0.39, 0.29) is 0 Å². The van der Waals surface area contributed by atoms with Crippen LogP contribution in [0.25, 0.3) is 11.3 Å². The van der Waals surface area contributed by atoms with Crippen molar-refractivity contribution in [2.75, 3.05) is 11.1 Å². The second kappa shape index (κ2) is 11.7. The first kappa shape index (κ1) is 25.8. The summed E-state index contributed by atoms with van der Waals surface area (Å²) in [6.45, 7) is 2.01. The van der Waals surface area contributed by atoms with Gasteiger partial charge in [0.25, 0.3) is 0 Å². The van der Waals surface area contributed by atoms with E-state index < -0.39 is 16.8 Å². The Morgan fingerprint density at radius 1 is 0.816 bits per heavy atom. The van der Waals surface area contributed by atoms with E-state index in [1.54, 1.807) is 11.8 Å². The molecule has 0 fully saturated rings. The highest BCUT2D eigenvalue weighted by atomic mass is 32.2. The van der Waals surface area contributed by atoms with Gasteiger partial charge in [0.2, 0.25) is 0 Å². The minimum absolute atomic E-state index is 0.327. The van der Waals surface area contributed by atoms with Crippen LogP contribution in [-0.4, -0.2) is 27.9 Å². The van der Waals surface area contributed by atoms with Crippen molar-refractivity contribution in [1.29, 1.82) is 0 Å². The molecule has 1 aromatic heterocycles. The van der Waals surface area contributed by atoms with Crippen LogP contribution in [0.2, 0.25) is 0 Å². The maximum atomic E-state index is 12.5. The summed E-state index contributed by atoms with van der Waals surface area (Å²) < 4.78 is -0.590. The van der Waals surface area contributed by atoms with Crippen LogP contribution in [0.15, 0.2) is 121 Å². The van der Waals surface area contributed by atoms with E-state index >= 15 is 0 Å². The van der Waals surface area contributed by atoms with Crippen LogP contribution >= 0.6 is 23.1 Å². The third-order valence-corrected chi connectivity index (χ3v) is 8.99. The Morgan fingerprint density at radius 2 is 1.26 bits per heavy atom. The Balaban J connectivity index is 1.50. The third-order valence-electron chi connectivity index (χ3n) is 6.45. The zero-order valence-electron chi connectivity index (χ0n) is 21.0. The summed E-state index contributed by atoms with van der Waals surface area (Å²) in [5.41, 5.74) is 5.20. The van der Waals surface area contributed by atoms with Crippen LogP contribution in [0.1, 0.15) is 21.6 Å². The number of nitrogens with one attached hydrogen (secondary N) is 1. The van der Waals surface area contributed by atoms with E-state index in [1.165, 1.54) is 11.3 Å². The average Bonchev–Trinajstić information content (AvgIpc) is 3.34. The van der Waals surface area contributed by atoms with Gasteiger partial charge >= 0.3 is 5.97 Å². The Labute approximate surface area is 231 Å². The summed E-state index contributed by atoms with van der Waals surface area (Å²) in [6.07, 6.45) is 0. The number of carboxylic acids is 1. The molecule has 0 saturated carbocycles. The monoisotopic (exact) mass is 536 g/mol. The van der Waals surface area contributed by atoms with E-state index in [2.05, 4.69) is 41.7 Å². The lowest BCUT2D eigenvalue weighted by molar-refractivity contribution is -0.137. The number of carboxylic acid groups (broad SMARTS) is 1. The molecule has 0 amide bonds. The summed E-state index contributed by atoms with van der Waals surface area (Å²) in [4.78, 5) is 18.3. The van der Waals surface area contributed by atoms with Crippen LogP contribution in [0.5, 0.6) is 0 Å². The molecule has 5 rings (SSSR count). The molecule has 0 radical (unpaired) electrons. The van der Waals surface area contributed by atoms with Crippen LogP contribution in [0, 0.1) is 6.92 Å². The number of thioether (sulfide) groups is 1. The Hall–Kier alpha value is -3.87. The Morgan fingerprint density at radius 3 is 1.71 bits per heavy atom. The minimum Gasteiger partial charge on any atom is -0.480 e. The molecule has 4 nitrogen and oxygen atoms in total. The lowest BCUT2D eigenvalue weighted by Gasteiger charge is -2.36. The predicted octanol–water partition coefficient (Wildman–Crippen LogP) is 7.71. The van der Waals surface area contributed by atoms with Crippen molar-refractivity contribution in [2.24, 2.45) is 0 Å². The zero-order valence-corrected chi connectivity index (χ0v) is 22.6. The number of hydrogen-bond donors (Lipinski definition) is 2. The van der Waals surface area contributed by atoms with Gasteiger partial charge in [0, 0.05) is 16.2 Å². The fourth-order valence-corrected chi connectivity index (χ4v) is 7.06. The van der Waals surface area contributed by atoms with Crippen molar-refractivity contribution >= 4 is 34.2 Å². The van der Waals surface area contributed by atoms with Crippen LogP contribution in [0.4, 0.5) is 5.13 Å². The number of aliphatic carboxylic acids is 1. The molecule has 38 heavy (non-hydrogen) atoms. The predicted molar refractivity (Wildman–Crippen MR) is 159 cm³/mol. The molecule has 4 aromatic carbocycles. The second-order valence-corrected chi connectivity index (χ2v) is 11.4. The second-order valence-electron chi connectivity index (χ2n) is 8.92. The average molecular weight is 537 g/mol. The van der Waals surface area contributed by atoms with Crippen molar-refractivity contribution in [3.63, 3.8) is 0 Å². The van der Waals surface area contributed by atoms with E-state index in [9.17, 15) is 9.90 Å². The molecule has 0 spiro atoms. The molecular weight excluding hydrogens is 508 g/mol. The molecule has 1 atom stereocenters. The number of nitrogens with zero attached hydrogens (tertiary/aromatic N) is 1. The third kappa shape index (κ3) is 5.37. The quantitative estimate of drug-likeness (QED) is 0.179. The van der Waals surface area contributed by atoms with Crippen molar-refractivity contribution in [1.82, 2.24) is 4.98 Å². The number of thiazole rings is 1. The smallest absolute Gasteiger partial charge is 0.327 e. The number of aryl methyl sites for hydroxylation is 1. The fourth-order valence-electron chi connectivity index (χ4n) is 4.62. The topological polar surface area (TPSA) is 62.2 Å². The van der Waals surface area contributed by atoms with Gasteiger partial charge in [0.15, 0.2) is 5.13 Å². The normalized spacial score (nSPS) is 12.1. The van der Waals surface area contributed by atoms with Gasteiger partial charge in [-0.3, -0.25) is 0 Å². The van der Waals surface area contributed by atoms with Crippen molar-refractivity contribution < 1.29 is 9.90 Å². The molecule has 0 aliphatic carbocycles. The van der Waals surface area contributed by atoms with Gasteiger partial charge in [-0.15, -0.1) is 23.1 Å². The largest absolute Gasteiger partial charge is 0.480 e. The summed E-state index contributed by atoms with van der Waals surface area (Å²) >= 11 is 3.11. The Kier molecular flexibility index (Phi) is 7.91. The summed E-state index contributed by atoms with van der Waals surface area (Å²) in [5.74, 6) is -0.581. The Bertz CT molecular complexity index is 1380. The van der Waals surface area contributed by atoms with Gasteiger partial charge < -0.3 is 10.4 Å². The SMILES string of the molecule is Cc1sc(N[C@@H](CSC(c2ccccc2)(c2ccccc2)c2ccccc2)C(=O)O)nc1-c1ccccc1. The molecule has 2 N–H and O–H groups in total. The van der Waals surface area contributed by atoms with E-state index in [0.29, 0.717) is 10.9 Å². The van der Waals surface area contributed by atoms with Gasteiger partial charge in [-0.05, 0) is 23.6 Å². The van der Waals surface area contributed by atoms with Crippen molar-refractivity contribution in [3.05, 3.63) is 143 Å². The van der Waals surface area contributed by atoms with Gasteiger partial charge in [0.05, 0.1) is 10.4 Å². The number of hydrogen-bond acceptors (Lipinski definition) is 5. The highest BCUT2D eigenvalue weighted by Crippen LogP contribution is 2.48. The molecule has 0 aliphatic heterocycles. The van der Waals surface area contributed by atoms with E-state index in [1.807, 2.05) is 91.9 Å². The first-order valence-electron chi connectivity index (χ1n) is 12.4. The van der Waals surface area contributed by atoms with Gasteiger partial charge in [-0.2, -0.15) is 0 Å². The summed E-state index contributed by atoms with van der Waals surface area (Å²) in [6, 6.07) is 40.1. The fraction of sp³-hybridized carbons (Fsp3) is 0.125. The highest BCUT2D eigenvalue weighted by Gasteiger charge is 2.38. The number of aromatic nitrogens is 1. The highest BCUT2D eigenvalue weighted by molar-refractivity contribution is 8.00. The molecule has 0 unspecified atom stereocenters. The van der Waals surface area contributed by atoms with E-state index in [4.69, 9.17) is 4.98 Å². The lowest BCUT2D eigenvalue weighted by Crippen LogP contribution is -2.35. The van der Waals surface area contributed by atoms with Crippen LogP contribution in [-0.2, 0) is 9.54 Å². The number of carbonyl (C=O) groups is 1. The van der Waals surface area contributed by atoms with Gasteiger partial charge in [-0.1, -0.05) is 121 Å². The first-order chi connectivity index (χ1) is 18.6. The molecule has 1 heterocycles. The maximum Gasteiger partial charge on any atom is 0.327 e. The number of benzene rings is 4. The summed E-state index contributed by atoms with van der Waals surface area (Å²) in [5, 5.41) is 14.1. The van der Waals surface area contributed by atoms with Gasteiger partial charge in [-0.25, -0.2) is 9.78 Å². The van der Waals surface area contributed by atoms with Crippen LogP contribution < -0.4 is 5.32 Å². The minimum atomic E-state index is -0.908. The molecule has 0 bridgehead atoms. The molecule has 5 aromatic rings. The van der Waals surface area contributed by atoms with Crippen molar-refractivity contribution in [3.8, 4) is 11.3 Å².